The Morgan fingerprint density at radius 3 is 2.95 bits per heavy atom. The summed E-state index contributed by atoms with van der Waals surface area (Å²) in [6.07, 6.45) is 6.73. The predicted molar refractivity (Wildman–Crippen MR) is 73.9 cm³/mol. The first-order valence-corrected chi connectivity index (χ1v) is 7.14. The number of nitrogens with zero attached hydrogens (tertiary/aromatic N) is 3. The zero-order valence-corrected chi connectivity index (χ0v) is 11.6. The van der Waals surface area contributed by atoms with Gasteiger partial charge in [0.2, 0.25) is 0 Å². The lowest BCUT2D eigenvalue weighted by atomic mass is 9.89. The molecule has 0 aromatic rings. The van der Waals surface area contributed by atoms with Crippen molar-refractivity contribution in [2.75, 3.05) is 13.1 Å². The van der Waals surface area contributed by atoms with Crippen LogP contribution in [0.5, 0.6) is 0 Å². The van der Waals surface area contributed by atoms with Gasteiger partial charge in [-0.3, -0.25) is 4.79 Å². The van der Waals surface area contributed by atoms with Gasteiger partial charge in [-0.25, -0.2) is 0 Å². The average molecular weight is 268 g/mol. The zero-order valence-electron chi connectivity index (χ0n) is 11.6. The smallest absolute Gasteiger partial charge is 0.323 e. The van der Waals surface area contributed by atoms with Gasteiger partial charge in [0, 0.05) is 18.0 Å². The highest BCUT2D eigenvalue weighted by Crippen LogP contribution is 2.32. The molecule has 1 aliphatic rings. The Morgan fingerprint density at radius 1 is 1.53 bits per heavy atom. The van der Waals surface area contributed by atoms with E-state index in [1.54, 1.807) is 0 Å². The molecule has 0 spiro atoms. The molecule has 0 aromatic carbocycles. The Bertz CT molecular complexity index is 342. The molecule has 1 saturated carbocycles. The SMILES string of the molecule is CCCC1CCCC(NCCN=[N+]=[N-])(C(=O)O)CC1. The van der Waals surface area contributed by atoms with Crippen molar-refractivity contribution >= 4 is 5.97 Å². The van der Waals surface area contributed by atoms with E-state index in [2.05, 4.69) is 22.3 Å². The van der Waals surface area contributed by atoms with Crippen LogP contribution in [0.25, 0.3) is 10.4 Å². The maximum atomic E-state index is 11.6. The normalized spacial score (nSPS) is 27.3. The van der Waals surface area contributed by atoms with Gasteiger partial charge >= 0.3 is 5.97 Å². The number of nitrogens with one attached hydrogen (secondary N) is 1. The van der Waals surface area contributed by atoms with E-state index in [0.717, 1.165) is 25.7 Å². The van der Waals surface area contributed by atoms with Crippen molar-refractivity contribution < 1.29 is 9.90 Å². The number of aliphatic carboxylic acids is 1. The summed E-state index contributed by atoms with van der Waals surface area (Å²) in [6, 6.07) is 0. The van der Waals surface area contributed by atoms with Crippen molar-refractivity contribution in [2.45, 2.75) is 57.4 Å². The fourth-order valence-electron chi connectivity index (χ4n) is 2.97. The van der Waals surface area contributed by atoms with Crippen molar-refractivity contribution in [2.24, 2.45) is 11.0 Å². The highest BCUT2D eigenvalue weighted by atomic mass is 16.4. The maximum absolute atomic E-state index is 11.6. The van der Waals surface area contributed by atoms with E-state index < -0.39 is 11.5 Å². The summed E-state index contributed by atoms with van der Waals surface area (Å²) >= 11 is 0. The van der Waals surface area contributed by atoms with Crippen LogP contribution in [0, 0.1) is 5.92 Å². The molecule has 0 aromatic heterocycles. The lowest BCUT2D eigenvalue weighted by molar-refractivity contribution is -0.145. The molecule has 2 atom stereocenters. The van der Waals surface area contributed by atoms with Crippen molar-refractivity contribution in [3.8, 4) is 0 Å². The molecule has 1 aliphatic carbocycles. The fourth-order valence-corrected chi connectivity index (χ4v) is 2.97. The Morgan fingerprint density at radius 2 is 2.32 bits per heavy atom. The topological polar surface area (TPSA) is 98.1 Å². The number of carbonyl (C=O) groups is 1. The average Bonchev–Trinajstić information content (AvgIpc) is 2.59. The van der Waals surface area contributed by atoms with Crippen LogP contribution in [0.4, 0.5) is 0 Å². The number of azide groups is 1. The Kier molecular flexibility index (Phi) is 6.67. The molecule has 0 bridgehead atoms. The molecule has 1 fully saturated rings. The molecular weight excluding hydrogens is 244 g/mol. The van der Waals surface area contributed by atoms with Gasteiger partial charge in [-0.1, -0.05) is 37.7 Å². The fraction of sp³-hybridized carbons (Fsp3) is 0.923. The molecule has 0 radical (unpaired) electrons. The van der Waals surface area contributed by atoms with Crippen molar-refractivity contribution in [3.63, 3.8) is 0 Å². The minimum Gasteiger partial charge on any atom is -0.480 e. The van der Waals surface area contributed by atoms with Crippen LogP contribution in [-0.2, 0) is 4.79 Å². The van der Waals surface area contributed by atoms with Gasteiger partial charge < -0.3 is 10.4 Å². The molecular formula is C13H24N4O2. The van der Waals surface area contributed by atoms with Crippen LogP contribution < -0.4 is 5.32 Å². The first-order valence-electron chi connectivity index (χ1n) is 7.14. The van der Waals surface area contributed by atoms with E-state index in [-0.39, 0.29) is 0 Å². The van der Waals surface area contributed by atoms with Gasteiger partial charge in [-0.05, 0) is 30.7 Å². The molecule has 2 N–H and O–H groups in total. The summed E-state index contributed by atoms with van der Waals surface area (Å²) < 4.78 is 0. The standard InChI is InChI=1S/C13H24N4O2/c1-2-4-11-5-3-7-13(8-6-11,12(18)19)15-9-10-16-17-14/h11,15H,2-10H2,1H3,(H,18,19). The first-order chi connectivity index (χ1) is 9.14. The predicted octanol–water partition coefficient (Wildman–Crippen LogP) is 3.09. The first kappa shape index (κ1) is 15.8. The van der Waals surface area contributed by atoms with Crippen LogP contribution >= 0.6 is 0 Å². The third kappa shape index (κ3) is 4.73. The van der Waals surface area contributed by atoms with E-state index in [0.29, 0.717) is 31.8 Å². The summed E-state index contributed by atoms with van der Waals surface area (Å²) in [5, 5.41) is 16.1. The molecule has 1 rings (SSSR count). The second kappa shape index (κ2) is 8.02. The van der Waals surface area contributed by atoms with Gasteiger partial charge in [0.25, 0.3) is 0 Å². The van der Waals surface area contributed by atoms with Crippen molar-refractivity contribution in [1.82, 2.24) is 5.32 Å². The van der Waals surface area contributed by atoms with E-state index in [1.165, 1.54) is 6.42 Å². The maximum Gasteiger partial charge on any atom is 0.323 e. The van der Waals surface area contributed by atoms with E-state index in [4.69, 9.17) is 5.53 Å². The minimum absolute atomic E-state index is 0.296. The summed E-state index contributed by atoms with van der Waals surface area (Å²) in [5.41, 5.74) is 7.40. The van der Waals surface area contributed by atoms with Crippen LogP contribution in [0.1, 0.15) is 51.9 Å². The van der Waals surface area contributed by atoms with Crippen LogP contribution in [0.2, 0.25) is 0 Å². The number of hydrogen-bond acceptors (Lipinski definition) is 3. The number of rotatable bonds is 7. The lowest BCUT2D eigenvalue weighted by Crippen LogP contribution is -2.52. The Hall–Kier alpha value is -1.26. The minimum atomic E-state index is -0.826. The van der Waals surface area contributed by atoms with Crippen LogP contribution in [-0.4, -0.2) is 29.7 Å². The van der Waals surface area contributed by atoms with Crippen LogP contribution in [0.3, 0.4) is 0 Å². The molecule has 0 amide bonds. The summed E-state index contributed by atoms with van der Waals surface area (Å²) in [4.78, 5) is 14.3. The van der Waals surface area contributed by atoms with Gasteiger partial charge in [0.15, 0.2) is 0 Å². The van der Waals surface area contributed by atoms with E-state index in [1.807, 2.05) is 0 Å². The summed E-state index contributed by atoms with van der Waals surface area (Å²) in [7, 11) is 0. The molecule has 6 heteroatoms. The molecule has 0 saturated heterocycles. The molecule has 108 valence electrons. The lowest BCUT2D eigenvalue weighted by Gasteiger charge is -2.29. The van der Waals surface area contributed by atoms with Crippen molar-refractivity contribution in [3.05, 3.63) is 10.4 Å². The second-order valence-corrected chi connectivity index (χ2v) is 5.35. The molecule has 19 heavy (non-hydrogen) atoms. The highest BCUT2D eigenvalue weighted by molar-refractivity contribution is 5.78. The highest BCUT2D eigenvalue weighted by Gasteiger charge is 2.39. The van der Waals surface area contributed by atoms with Gasteiger partial charge in [-0.15, -0.1) is 0 Å². The summed E-state index contributed by atoms with van der Waals surface area (Å²) in [6.45, 7) is 2.90. The number of carboxylic acid groups (broad SMARTS) is 1. The molecule has 6 nitrogen and oxygen atoms in total. The molecule has 2 unspecified atom stereocenters. The Labute approximate surface area is 114 Å². The van der Waals surface area contributed by atoms with E-state index >= 15 is 0 Å². The monoisotopic (exact) mass is 268 g/mol. The third-order valence-electron chi connectivity index (χ3n) is 4.04. The number of carboxylic acids is 1. The second-order valence-electron chi connectivity index (χ2n) is 5.35. The van der Waals surface area contributed by atoms with Crippen LogP contribution in [0.15, 0.2) is 5.11 Å². The molecule has 0 aliphatic heterocycles. The molecule has 0 heterocycles. The largest absolute Gasteiger partial charge is 0.480 e. The van der Waals surface area contributed by atoms with Gasteiger partial charge in [-0.2, -0.15) is 0 Å². The van der Waals surface area contributed by atoms with Gasteiger partial charge in [0.1, 0.15) is 5.54 Å². The van der Waals surface area contributed by atoms with E-state index in [9.17, 15) is 9.90 Å². The summed E-state index contributed by atoms with van der Waals surface area (Å²) in [5.74, 6) is -0.115. The quantitative estimate of drug-likeness (QED) is 0.244. The Balaban J connectivity index is 2.60. The van der Waals surface area contributed by atoms with Crippen molar-refractivity contribution in [1.29, 1.82) is 0 Å². The third-order valence-corrected chi connectivity index (χ3v) is 4.04. The zero-order chi connectivity index (χ0) is 14.1. The number of hydrogen-bond donors (Lipinski definition) is 2. The van der Waals surface area contributed by atoms with Gasteiger partial charge in [0.05, 0.1) is 0 Å².